The van der Waals surface area contributed by atoms with Gasteiger partial charge in [-0.25, -0.2) is 12.8 Å². The molecule has 5 heteroatoms. The molecular weight excluding hydrogens is 255 g/mol. The Labute approximate surface area is 104 Å². The molecule has 0 N–H and O–H groups in total. The molecule has 0 aliphatic rings. The van der Waals surface area contributed by atoms with Crippen molar-refractivity contribution in [2.45, 2.75) is 9.79 Å². The maximum absolute atomic E-state index is 13.1. The van der Waals surface area contributed by atoms with Gasteiger partial charge in [0.25, 0.3) is 0 Å². The molecule has 2 aromatic rings. The summed E-state index contributed by atoms with van der Waals surface area (Å²) in [4.78, 5) is 10.5. The lowest BCUT2D eigenvalue weighted by Gasteiger charge is -2.06. The number of carbonyl (C=O) groups is 1. The van der Waals surface area contributed by atoms with Gasteiger partial charge >= 0.3 is 0 Å². The first-order valence-electron chi connectivity index (χ1n) is 5.10. The van der Waals surface area contributed by atoms with E-state index in [1.165, 1.54) is 30.3 Å². The third kappa shape index (κ3) is 2.17. The van der Waals surface area contributed by atoms with E-state index < -0.39 is 15.7 Å². The van der Waals surface area contributed by atoms with E-state index in [0.29, 0.717) is 6.29 Å². The largest absolute Gasteiger partial charge is 0.298 e. The molecule has 0 amide bonds. The number of carbonyl (C=O) groups excluding carboxylic acids is 1. The Bertz CT molecular complexity index is 693. The van der Waals surface area contributed by atoms with Gasteiger partial charge in [-0.15, -0.1) is 0 Å². The summed E-state index contributed by atoms with van der Waals surface area (Å²) in [7, 11) is -3.88. The van der Waals surface area contributed by atoms with Crippen LogP contribution in [0.5, 0.6) is 0 Å². The van der Waals surface area contributed by atoms with Gasteiger partial charge < -0.3 is 0 Å². The predicted octanol–water partition coefficient (Wildman–Crippen LogP) is 2.47. The molecule has 0 heterocycles. The Morgan fingerprint density at radius 2 is 1.72 bits per heavy atom. The number of aldehydes is 1. The number of hydrogen-bond acceptors (Lipinski definition) is 3. The second-order valence-electron chi connectivity index (χ2n) is 3.62. The fraction of sp³-hybridized carbons (Fsp3) is 0. The molecule has 0 aliphatic carbocycles. The summed E-state index contributed by atoms with van der Waals surface area (Å²) in [6.07, 6.45) is 0.464. The zero-order valence-electron chi connectivity index (χ0n) is 9.21. The first kappa shape index (κ1) is 12.4. The summed E-state index contributed by atoms with van der Waals surface area (Å²) in [5, 5.41) is 0. The number of sulfone groups is 1. The molecule has 0 spiro atoms. The van der Waals surface area contributed by atoms with Crippen LogP contribution in [0.1, 0.15) is 10.4 Å². The molecule has 18 heavy (non-hydrogen) atoms. The minimum Gasteiger partial charge on any atom is -0.298 e. The molecule has 0 aromatic heterocycles. The molecule has 2 rings (SSSR count). The van der Waals surface area contributed by atoms with Gasteiger partial charge in [-0.1, -0.05) is 24.3 Å². The van der Waals surface area contributed by atoms with Crippen molar-refractivity contribution in [2.75, 3.05) is 0 Å². The van der Waals surface area contributed by atoms with Gasteiger partial charge in [0.2, 0.25) is 9.84 Å². The van der Waals surface area contributed by atoms with Gasteiger partial charge in [-0.2, -0.15) is 0 Å². The second-order valence-corrected chi connectivity index (χ2v) is 5.53. The summed E-state index contributed by atoms with van der Waals surface area (Å²) in [5.74, 6) is -0.639. The summed E-state index contributed by atoms with van der Waals surface area (Å²) < 4.78 is 37.5. The number of halogens is 1. The maximum atomic E-state index is 13.1. The Balaban J connectivity index is 2.65. The maximum Gasteiger partial charge on any atom is 0.207 e. The Morgan fingerprint density at radius 1 is 1.00 bits per heavy atom. The van der Waals surface area contributed by atoms with Crippen LogP contribution in [0, 0.1) is 5.82 Å². The second kappa shape index (κ2) is 4.70. The SMILES string of the molecule is O=Cc1ccccc1S(=O)(=O)c1cccc(F)c1. The molecule has 3 nitrogen and oxygen atoms in total. The molecule has 2 aromatic carbocycles. The van der Waals surface area contributed by atoms with Gasteiger partial charge in [-0.05, 0) is 24.3 Å². The number of hydrogen-bond donors (Lipinski definition) is 0. The van der Waals surface area contributed by atoms with Crippen molar-refractivity contribution >= 4 is 16.1 Å². The lowest BCUT2D eigenvalue weighted by molar-refractivity contribution is 0.112. The van der Waals surface area contributed by atoms with Crippen LogP contribution in [-0.2, 0) is 9.84 Å². The highest BCUT2D eigenvalue weighted by atomic mass is 32.2. The zero-order valence-corrected chi connectivity index (χ0v) is 10.0. The topological polar surface area (TPSA) is 51.2 Å². The van der Waals surface area contributed by atoms with Gasteiger partial charge in [0, 0.05) is 5.56 Å². The molecule has 0 radical (unpaired) electrons. The van der Waals surface area contributed by atoms with E-state index in [0.717, 1.165) is 12.1 Å². The summed E-state index contributed by atoms with van der Waals surface area (Å²) in [5.41, 5.74) is 0.0572. The standard InChI is InChI=1S/C13H9FO3S/c14-11-5-3-6-12(8-11)18(16,17)13-7-2-1-4-10(13)9-15/h1-9H. The van der Waals surface area contributed by atoms with Crippen LogP contribution in [0.2, 0.25) is 0 Å². The van der Waals surface area contributed by atoms with Crippen LogP contribution in [-0.4, -0.2) is 14.7 Å². The highest BCUT2D eigenvalue weighted by Gasteiger charge is 2.20. The Hall–Kier alpha value is -2.01. The van der Waals surface area contributed by atoms with Crippen LogP contribution >= 0.6 is 0 Å². The molecule has 0 fully saturated rings. The zero-order chi connectivity index (χ0) is 13.2. The van der Waals surface area contributed by atoms with E-state index in [4.69, 9.17) is 0 Å². The molecule has 0 saturated heterocycles. The smallest absolute Gasteiger partial charge is 0.207 e. The van der Waals surface area contributed by atoms with Gasteiger partial charge in [-0.3, -0.25) is 4.79 Å². The normalized spacial score (nSPS) is 11.2. The Morgan fingerprint density at radius 3 is 2.39 bits per heavy atom. The van der Waals surface area contributed by atoms with Crippen molar-refractivity contribution in [2.24, 2.45) is 0 Å². The van der Waals surface area contributed by atoms with Crippen molar-refractivity contribution in [3.8, 4) is 0 Å². The number of rotatable bonds is 3. The van der Waals surface area contributed by atoms with E-state index in [2.05, 4.69) is 0 Å². The molecule has 0 aliphatic heterocycles. The van der Waals surface area contributed by atoms with E-state index in [1.807, 2.05) is 0 Å². The lowest BCUT2D eigenvalue weighted by Crippen LogP contribution is -2.05. The molecule has 0 saturated carbocycles. The van der Waals surface area contributed by atoms with Crippen LogP contribution in [0.15, 0.2) is 58.3 Å². The van der Waals surface area contributed by atoms with Gasteiger partial charge in [0.15, 0.2) is 6.29 Å². The van der Waals surface area contributed by atoms with Gasteiger partial charge in [0.1, 0.15) is 5.82 Å². The van der Waals surface area contributed by atoms with E-state index >= 15 is 0 Å². The van der Waals surface area contributed by atoms with Gasteiger partial charge in [0.05, 0.1) is 9.79 Å². The first-order chi connectivity index (χ1) is 8.55. The average Bonchev–Trinajstić information content (AvgIpc) is 2.38. The van der Waals surface area contributed by atoms with Crippen molar-refractivity contribution in [1.82, 2.24) is 0 Å². The predicted molar refractivity (Wildman–Crippen MR) is 63.7 cm³/mol. The average molecular weight is 264 g/mol. The fourth-order valence-corrected chi connectivity index (χ4v) is 3.05. The summed E-state index contributed by atoms with van der Waals surface area (Å²) in [6, 6.07) is 10.5. The van der Waals surface area contributed by atoms with E-state index in [1.54, 1.807) is 6.07 Å². The van der Waals surface area contributed by atoms with E-state index in [9.17, 15) is 17.6 Å². The number of benzene rings is 2. The van der Waals surface area contributed by atoms with Crippen LogP contribution < -0.4 is 0 Å². The fourth-order valence-electron chi connectivity index (χ4n) is 1.58. The highest BCUT2D eigenvalue weighted by molar-refractivity contribution is 7.91. The quantitative estimate of drug-likeness (QED) is 0.800. The third-order valence-corrected chi connectivity index (χ3v) is 4.27. The lowest BCUT2D eigenvalue weighted by atomic mass is 10.2. The minimum absolute atomic E-state index is 0.0572. The monoisotopic (exact) mass is 264 g/mol. The first-order valence-corrected chi connectivity index (χ1v) is 6.59. The molecule has 0 bridgehead atoms. The van der Waals surface area contributed by atoms with Crippen molar-refractivity contribution in [3.05, 3.63) is 59.9 Å². The molecule has 92 valence electrons. The van der Waals surface area contributed by atoms with Crippen molar-refractivity contribution in [1.29, 1.82) is 0 Å². The molecule has 0 atom stereocenters. The third-order valence-electron chi connectivity index (χ3n) is 2.44. The summed E-state index contributed by atoms with van der Waals surface area (Å²) in [6.45, 7) is 0. The highest BCUT2D eigenvalue weighted by Crippen LogP contribution is 2.23. The molecular formula is C13H9FO3S. The van der Waals surface area contributed by atoms with Crippen molar-refractivity contribution in [3.63, 3.8) is 0 Å². The van der Waals surface area contributed by atoms with E-state index in [-0.39, 0.29) is 15.4 Å². The van der Waals surface area contributed by atoms with Crippen LogP contribution in [0.3, 0.4) is 0 Å². The van der Waals surface area contributed by atoms with Crippen LogP contribution in [0.25, 0.3) is 0 Å². The van der Waals surface area contributed by atoms with Crippen molar-refractivity contribution < 1.29 is 17.6 Å². The van der Waals surface area contributed by atoms with Crippen LogP contribution in [0.4, 0.5) is 4.39 Å². The minimum atomic E-state index is -3.88. The summed E-state index contributed by atoms with van der Waals surface area (Å²) >= 11 is 0. The Kier molecular flexibility index (Phi) is 3.25. The molecule has 0 unspecified atom stereocenters.